The van der Waals surface area contributed by atoms with E-state index in [-0.39, 0.29) is 6.10 Å². The summed E-state index contributed by atoms with van der Waals surface area (Å²) in [4.78, 5) is 4.55. The second-order valence-corrected chi connectivity index (χ2v) is 5.02. The first-order valence-electron chi connectivity index (χ1n) is 6.71. The fourth-order valence-electron chi connectivity index (χ4n) is 2.69. The quantitative estimate of drug-likeness (QED) is 0.874. The van der Waals surface area contributed by atoms with Gasteiger partial charge in [-0.3, -0.25) is 0 Å². The minimum atomic E-state index is 0.173. The molecule has 94 valence electrons. The van der Waals surface area contributed by atoms with Crippen molar-refractivity contribution in [2.24, 2.45) is 0 Å². The molecule has 1 aromatic rings. The van der Waals surface area contributed by atoms with E-state index in [1.807, 2.05) is 0 Å². The lowest BCUT2D eigenvalue weighted by atomic mass is 10.0. The van der Waals surface area contributed by atoms with Crippen molar-refractivity contribution in [1.29, 1.82) is 0 Å². The van der Waals surface area contributed by atoms with Gasteiger partial charge in [-0.15, -0.1) is 0 Å². The lowest BCUT2D eigenvalue weighted by Gasteiger charge is -2.21. The van der Waals surface area contributed by atoms with Gasteiger partial charge < -0.3 is 14.5 Å². The van der Waals surface area contributed by atoms with Crippen LogP contribution < -0.4 is 5.32 Å². The minimum absolute atomic E-state index is 0.173. The largest absolute Gasteiger partial charge is 0.449 e. The minimum Gasteiger partial charge on any atom is -0.449 e. The molecule has 2 aliphatic rings. The molecule has 2 fully saturated rings. The average Bonchev–Trinajstić information content (AvgIpc) is 3.00. The van der Waals surface area contributed by atoms with Gasteiger partial charge in [0.2, 0.25) is 0 Å². The third kappa shape index (κ3) is 2.69. The highest BCUT2D eigenvalue weighted by Crippen LogP contribution is 2.28. The third-order valence-corrected chi connectivity index (χ3v) is 3.66. The smallest absolute Gasteiger partial charge is 0.195 e. The number of piperidine rings is 1. The van der Waals surface area contributed by atoms with Crippen LogP contribution in [0.25, 0.3) is 0 Å². The first-order valence-corrected chi connectivity index (χ1v) is 6.71. The number of hydrogen-bond acceptors (Lipinski definition) is 4. The molecule has 4 nitrogen and oxygen atoms in total. The molecule has 1 aromatic heterocycles. The second-order valence-electron chi connectivity index (χ2n) is 5.02. The summed E-state index contributed by atoms with van der Waals surface area (Å²) in [7, 11) is 0. The van der Waals surface area contributed by atoms with Gasteiger partial charge in [-0.25, -0.2) is 4.98 Å². The lowest BCUT2D eigenvalue weighted by molar-refractivity contribution is 0.108. The van der Waals surface area contributed by atoms with Crippen LogP contribution in [0.15, 0.2) is 10.7 Å². The number of ether oxygens (including phenoxy) is 1. The Balaban J connectivity index is 1.59. The van der Waals surface area contributed by atoms with Gasteiger partial charge in [-0.05, 0) is 32.2 Å². The van der Waals surface area contributed by atoms with Crippen LogP contribution in [0.1, 0.15) is 49.8 Å². The van der Waals surface area contributed by atoms with Crippen LogP contribution in [-0.2, 0) is 11.2 Å². The third-order valence-electron chi connectivity index (χ3n) is 3.66. The number of rotatable bonds is 3. The maximum Gasteiger partial charge on any atom is 0.195 e. The molecular formula is C13H20N2O2. The Kier molecular flexibility index (Phi) is 3.43. The van der Waals surface area contributed by atoms with Crippen molar-refractivity contribution in [3.63, 3.8) is 0 Å². The van der Waals surface area contributed by atoms with Gasteiger partial charge >= 0.3 is 0 Å². The van der Waals surface area contributed by atoms with E-state index in [1.165, 1.54) is 19.3 Å². The molecule has 0 bridgehead atoms. The standard InChI is InChI=1S/C13H20N2O2/c1-2-6-14-10(4-1)8-13-15-11(9-17-13)12-5-3-7-16-12/h9-10,12,14H,1-8H2. The van der Waals surface area contributed by atoms with Crippen LogP contribution in [0, 0.1) is 0 Å². The Morgan fingerprint density at radius 2 is 2.29 bits per heavy atom. The van der Waals surface area contributed by atoms with Crippen LogP contribution in [-0.4, -0.2) is 24.2 Å². The Morgan fingerprint density at radius 3 is 3.06 bits per heavy atom. The van der Waals surface area contributed by atoms with Crippen molar-refractivity contribution in [3.8, 4) is 0 Å². The normalized spacial score (nSPS) is 29.6. The van der Waals surface area contributed by atoms with Gasteiger partial charge in [0.25, 0.3) is 0 Å². The number of oxazole rings is 1. The number of hydrogen-bond donors (Lipinski definition) is 1. The number of nitrogens with zero attached hydrogens (tertiary/aromatic N) is 1. The molecule has 0 aliphatic carbocycles. The zero-order valence-electron chi connectivity index (χ0n) is 10.2. The van der Waals surface area contributed by atoms with Crippen molar-refractivity contribution in [3.05, 3.63) is 17.8 Å². The molecule has 3 rings (SSSR count). The molecule has 1 N–H and O–H groups in total. The predicted octanol–water partition coefficient (Wildman–Crippen LogP) is 2.21. The zero-order valence-corrected chi connectivity index (χ0v) is 10.2. The molecule has 2 saturated heterocycles. The number of aromatic nitrogens is 1. The summed E-state index contributed by atoms with van der Waals surface area (Å²) in [5, 5.41) is 3.52. The Labute approximate surface area is 102 Å². The molecule has 4 heteroatoms. The first kappa shape index (κ1) is 11.2. The van der Waals surface area contributed by atoms with Gasteiger partial charge in [0, 0.05) is 19.1 Å². The summed E-state index contributed by atoms with van der Waals surface area (Å²) in [6.07, 6.45) is 8.91. The molecule has 2 atom stereocenters. The van der Waals surface area contributed by atoms with E-state index < -0.39 is 0 Å². The maximum atomic E-state index is 5.60. The molecular weight excluding hydrogens is 216 g/mol. The van der Waals surface area contributed by atoms with Crippen molar-refractivity contribution >= 4 is 0 Å². The lowest BCUT2D eigenvalue weighted by Crippen LogP contribution is -2.35. The van der Waals surface area contributed by atoms with Crippen LogP contribution in [0.2, 0.25) is 0 Å². The Morgan fingerprint density at radius 1 is 1.29 bits per heavy atom. The van der Waals surface area contributed by atoms with Gasteiger partial charge in [-0.2, -0.15) is 0 Å². The van der Waals surface area contributed by atoms with Crippen molar-refractivity contribution in [2.45, 2.75) is 50.7 Å². The molecule has 0 radical (unpaired) electrons. The van der Waals surface area contributed by atoms with Gasteiger partial charge in [0.1, 0.15) is 18.1 Å². The molecule has 3 heterocycles. The topological polar surface area (TPSA) is 47.3 Å². The molecule has 2 unspecified atom stereocenters. The SMILES string of the molecule is c1oc(CC2CCCCN2)nc1C1CCCO1. The summed E-state index contributed by atoms with van der Waals surface area (Å²) < 4.78 is 11.2. The summed E-state index contributed by atoms with van der Waals surface area (Å²) >= 11 is 0. The molecule has 0 aromatic carbocycles. The summed E-state index contributed by atoms with van der Waals surface area (Å²) in [6.45, 7) is 1.99. The molecule has 17 heavy (non-hydrogen) atoms. The van der Waals surface area contributed by atoms with E-state index in [0.29, 0.717) is 6.04 Å². The monoisotopic (exact) mass is 236 g/mol. The van der Waals surface area contributed by atoms with Gasteiger partial charge in [-0.1, -0.05) is 6.42 Å². The van der Waals surface area contributed by atoms with E-state index in [0.717, 1.165) is 44.0 Å². The summed E-state index contributed by atoms with van der Waals surface area (Å²) in [6, 6.07) is 0.541. The predicted molar refractivity (Wildman–Crippen MR) is 63.8 cm³/mol. The number of nitrogens with one attached hydrogen (secondary N) is 1. The van der Waals surface area contributed by atoms with E-state index in [4.69, 9.17) is 9.15 Å². The highest BCUT2D eigenvalue weighted by molar-refractivity contribution is 5.03. The highest BCUT2D eigenvalue weighted by atomic mass is 16.5. The van der Waals surface area contributed by atoms with Crippen molar-refractivity contribution in [2.75, 3.05) is 13.2 Å². The maximum absolute atomic E-state index is 5.60. The Hall–Kier alpha value is -0.870. The van der Waals surface area contributed by atoms with Gasteiger partial charge in [0.05, 0.1) is 0 Å². The highest BCUT2D eigenvalue weighted by Gasteiger charge is 2.22. The summed E-state index contributed by atoms with van der Waals surface area (Å²) in [5.41, 5.74) is 0.980. The summed E-state index contributed by atoms with van der Waals surface area (Å²) in [5.74, 6) is 0.856. The average molecular weight is 236 g/mol. The fraction of sp³-hybridized carbons (Fsp3) is 0.769. The van der Waals surface area contributed by atoms with E-state index in [9.17, 15) is 0 Å². The van der Waals surface area contributed by atoms with E-state index >= 15 is 0 Å². The van der Waals surface area contributed by atoms with Crippen LogP contribution in [0.3, 0.4) is 0 Å². The van der Waals surface area contributed by atoms with Gasteiger partial charge in [0.15, 0.2) is 5.89 Å². The van der Waals surface area contributed by atoms with E-state index in [2.05, 4.69) is 10.3 Å². The second kappa shape index (κ2) is 5.19. The molecule has 2 aliphatic heterocycles. The molecule has 0 amide bonds. The van der Waals surface area contributed by atoms with Crippen LogP contribution in [0.4, 0.5) is 0 Å². The van der Waals surface area contributed by atoms with Crippen LogP contribution in [0.5, 0.6) is 0 Å². The van der Waals surface area contributed by atoms with Crippen molar-refractivity contribution < 1.29 is 9.15 Å². The molecule has 0 spiro atoms. The van der Waals surface area contributed by atoms with Crippen molar-refractivity contribution in [1.82, 2.24) is 10.3 Å². The first-order chi connectivity index (χ1) is 8.42. The molecule has 0 saturated carbocycles. The van der Waals surface area contributed by atoms with Crippen LogP contribution >= 0.6 is 0 Å². The fourth-order valence-corrected chi connectivity index (χ4v) is 2.69. The van der Waals surface area contributed by atoms with E-state index in [1.54, 1.807) is 6.26 Å². The Bertz CT molecular complexity index is 352. The zero-order chi connectivity index (χ0) is 11.5.